The lowest BCUT2D eigenvalue weighted by molar-refractivity contribution is 0.297. The molecule has 1 saturated carbocycles. The second-order valence-electron chi connectivity index (χ2n) is 6.93. The Hall–Kier alpha value is -2.54. The monoisotopic (exact) mass is 355 g/mol. The minimum atomic E-state index is -0.257. The first-order valence-corrected chi connectivity index (χ1v) is 8.98. The number of hydrogen-bond donors (Lipinski definition) is 0. The number of aromatic nitrogens is 4. The Kier molecular flexibility index (Phi) is 4.79. The van der Waals surface area contributed by atoms with Crippen LogP contribution in [0.15, 0.2) is 41.2 Å². The van der Waals surface area contributed by atoms with Crippen molar-refractivity contribution < 1.29 is 8.91 Å². The number of benzene rings is 1. The molecular weight excluding hydrogens is 333 g/mol. The quantitative estimate of drug-likeness (QED) is 0.675. The second kappa shape index (κ2) is 7.37. The molecule has 2 heterocycles. The van der Waals surface area contributed by atoms with Gasteiger partial charge >= 0.3 is 0 Å². The summed E-state index contributed by atoms with van der Waals surface area (Å²) in [4.78, 5) is 6.60. The highest BCUT2D eigenvalue weighted by molar-refractivity contribution is 5.40. The van der Waals surface area contributed by atoms with Crippen LogP contribution in [0.2, 0.25) is 0 Å². The van der Waals surface area contributed by atoms with E-state index in [2.05, 4.69) is 15.2 Å². The molecule has 7 heteroatoms. The second-order valence-corrected chi connectivity index (χ2v) is 6.93. The predicted octanol–water partition coefficient (Wildman–Crippen LogP) is 3.68. The van der Waals surface area contributed by atoms with Crippen LogP contribution in [0.4, 0.5) is 4.39 Å². The van der Waals surface area contributed by atoms with Gasteiger partial charge in [-0.3, -0.25) is 4.90 Å². The zero-order valence-corrected chi connectivity index (χ0v) is 14.8. The van der Waals surface area contributed by atoms with Crippen molar-refractivity contribution in [2.75, 3.05) is 7.05 Å². The van der Waals surface area contributed by atoms with Crippen molar-refractivity contribution in [3.63, 3.8) is 0 Å². The van der Waals surface area contributed by atoms with Crippen molar-refractivity contribution in [3.05, 3.63) is 59.8 Å². The van der Waals surface area contributed by atoms with Gasteiger partial charge in [0.2, 0.25) is 5.89 Å². The smallest absolute Gasteiger partial charge is 0.229 e. The molecule has 0 aliphatic heterocycles. The van der Waals surface area contributed by atoms with Crippen molar-refractivity contribution in [2.45, 2.75) is 44.7 Å². The normalized spacial score (nSPS) is 15.2. The summed E-state index contributed by atoms with van der Waals surface area (Å²) >= 11 is 0. The average Bonchev–Trinajstić information content (AvgIpc) is 3.37. The molecule has 0 spiro atoms. The first-order chi connectivity index (χ1) is 12.7. The lowest BCUT2D eigenvalue weighted by Crippen LogP contribution is -2.19. The van der Waals surface area contributed by atoms with Crippen LogP contribution in [0.5, 0.6) is 0 Å². The van der Waals surface area contributed by atoms with Crippen LogP contribution < -0.4 is 0 Å². The summed E-state index contributed by atoms with van der Waals surface area (Å²) in [6.07, 6.45) is 8.29. The molecule has 0 saturated heterocycles. The molecule has 0 atom stereocenters. The first kappa shape index (κ1) is 16.9. The maximum Gasteiger partial charge on any atom is 0.229 e. The Morgan fingerprint density at radius 2 is 2.12 bits per heavy atom. The topological polar surface area (TPSA) is 60.0 Å². The Bertz CT molecular complexity index is 855. The fourth-order valence-electron chi connectivity index (χ4n) is 3.57. The van der Waals surface area contributed by atoms with Crippen LogP contribution in [0.3, 0.4) is 0 Å². The molecule has 1 aliphatic carbocycles. The minimum absolute atomic E-state index is 0.257. The van der Waals surface area contributed by atoms with Crippen LogP contribution in [0, 0.1) is 5.82 Å². The molecule has 0 bridgehead atoms. The first-order valence-electron chi connectivity index (χ1n) is 8.98. The number of halogens is 1. The van der Waals surface area contributed by atoms with E-state index < -0.39 is 0 Å². The van der Waals surface area contributed by atoms with E-state index in [0.29, 0.717) is 24.8 Å². The Labute approximate surface area is 151 Å². The van der Waals surface area contributed by atoms with Gasteiger partial charge in [-0.15, -0.1) is 0 Å². The third-order valence-corrected chi connectivity index (χ3v) is 4.83. The van der Waals surface area contributed by atoms with Gasteiger partial charge in [0.1, 0.15) is 5.82 Å². The summed E-state index contributed by atoms with van der Waals surface area (Å²) in [5.74, 6) is 1.59. The maximum atomic E-state index is 13.8. The van der Waals surface area contributed by atoms with Crippen molar-refractivity contribution >= 4 is 0 Å². The number of nitrogens with zero attached hydrogens (tertiary/aromatic N) is 5. The van der Waals surface area contributed by atoms with Gasteiger partial charge in [-0.05, 0) is 49.7 Å². The van der Waals surface area contributed by atoms with E-state index in [1.807, 2.05) is 24.2 Å². The van der Waals surface area contributed by atoms with Crippen molar-refractivity contribution in [2.24, 2.45) is 0 Å². The molecule has 0 radical (unpaired) electrons. The minimum Gasteiger partial charge on any atom is -0.339 e. The van der Waals surface area contributed by atoms with Gasteiger partial charge in [0.05, 0.1) is 12.2 Å². The zero-order valence-electron chi connectivity index (χ0n) is 14.8. The molecule has 0 N–H and O–H groups in total. The summed E-state index contributed by atoms with van der Waals surface area (Å²) in [5, 5.41) is 8.36. The van der Waals surface area contributed by atoms with Crippen LogP contribution in [0.1, 0.15) is 48.9 Å². The molecule has 6 nitrogen and oxygen atoms in total. The van der Waals surface area contributed by atoms with Crippen molar-refractivity contribution in [1.29, 1.82) is 0 Å². The van der Waals surface area contributed by atoms with Gasteiger partial charge in [-0.1, -0.05) is 18.0 Å². The van der Waals surface area contributed by atoms with E-state index in [-0.39, 0.29) is 5.82 Å². The molecule has 1 aliphatic rings. The fourth-order valence-corrected chi connectivity index (χ4v) is 3.57. The zero-order chi connectivity index (χ0) is 17.9. The van der Waals surface area contributed by atoms with E-state index in [1.165, 1.54) is 18.9 Å². The molecule has 0 amide bonds. The largest absolute Gasteiger partial charge is 0.339 e. The van der Waals surface area contributed by atoms with E-state index in [1.54, 1.807) is 23.0 Å². The molecular formula is C19H22FN5O. The van der Waals surface area contributed by atoms with E-state index >= 15 is 0 Å². The predicted molar refractivity (Wildman–Crippen MR) is 94.2 cm³/mol. The summed E-state index contributed by atoms with van der Waals surface area (Å²) in [5.41, 5.74) is 1.72. The van der Waals surface area contributed by atoms with Crippen LogP contribution >= 0.6 is 0 Å². The molecule has 136 valence electrons. The SMILES string of the molecule is CN(Cc1noc(C2CCCC2)n1)Cc1cc(F)ccc1-n1cccn1. The van der Waals surface area contributed by atoms with Gasteiger partial charge in [-0.25, -0.2) is 9.07 Å². The molecule has 4 rings (SSSR count). The number of hydrogen-bond acceptors (Lipinski definition) is 5. The summed E-state index contributed by atoms with van der Waals surface area (Å²) in [7, 11) is 1.96. The van der Waals surface area contributed by atoms with Crippen molar-refractivity contribution in [1.82, 2.24) is 24.8 Å². The summed E-state index contributed by atoms with van der Waals surface area (Å²) in [6, 6.07) is 6.60. The molecule has 2 aromatic heterocycles. The van der Waals surface area contributed by atoms with E-state index in [9.17, 15) is 4.39 Å². The van der Waals surface area contributed by atoms with Gasteiger partial charge < -0.3 is 4.52 Å². The van der Waals surface area contributed by atoms with Crippen LogP contribution in [-0.2, 0) is 13.1 Å². The standard InChI is InChI=1S/C19H22FN5O/c1-24(13-18-22-19(26-23-18)14-5-2-3-6-14)12-15-11-16(20)7-8-17(15)25-10-4-9-21-25/h4,7-11,14H,2-3,5-6,12-13H2,1H3. The summed E-state index contributed by atoms with van der Waals surface area (Å²) < 4.78 is 20.9. The molecule has 0 unspecified atom stereocenters. The highest BCUT2D eigenvalue weighted by Gasteiger charge is 2.23. The van der Waals surface area contributed by atoms with Crippen molar-refractivity contribution in [3.8, 4) is 5.69 Å². The Balaban J connectivity index is 1.46. The molecule has 1 fully saturated rings. The fraction of sp³-hybridized carbons (Fsp3) is 0.421. The van der Waals surface area contributed by atoms with E-state index in [0.717, 1.165) is 30.0 Å². The highest BCUT2D eigenvalue weighted by atomic mass is 19.1. The van der Waals surface area contributed by atoms with E-state index in [4.69, 9.17) is 4.52 Å². The lowest BCUT2D eigenvalue weighted by atomic mass is 10.1. The van der Waals surface area contributed by atoms with Gasteiger partial charge in [-0.2, -0.15) is 10.1 Å². The maximum absolute atomic E-state index is 13.8. The molecule has 1 aromatic carbocycles. The van der Waals surface area contributed by atoms with Crippen LogP contribution in [-0.4, -0.2) is 31.9 Å². The van der Waals surface area contributed by atoms with Gasteiger partial charge in [0.25, 0.3) is 0 Å². The summed E-state index contributed by atoms with van der Waals surface area (Å²) in [6.45, 7) is 1.10. The molecule has 3 aromatic rings. The van der Waals surface area contributed by atoms with Gasteiger partial charge in [0.15, 0.2) is 5.82 Å². The Morgan fingerprint density at radius 3 is 2.88 bits per heavy atom. The number of rotatable bonds is 6. The Morgan fingerprint density at radius 1 is 1.27 bits per heavy atom. The lowest BCUT2D eigenvalue weighted by Gasteiger charge is -2.17. The molecule has 26 heavy (non-hydrogen) atoms. The highest BCUT2D eigenvalue weighted by Crippen LogP contribution is 2.33. The average molecular weight is 355 g/mol. The third-order valence-electron chi connectivity index (χ3n) is 4.83. The third kappa shape index (κ3) is 3.67. The van der Waals surface area contributed by atoms with Gasteiger partial charge in [0, 0.05) is 24.9 Å². The van der Waals surface area contributed by atoms with Crippen LogP contribution in [0.25, 0.3) is 5.69 Å².